The maximum absolute atomic E-state index is 12.9. The minimum absolute atomic E-state index is 0.184. The van der Waals surface area contributed by atoms with Gasteiger partial charge in [-0.15, -0.1) is 0 Å². The summed E-state index contributed by atoms with van der Waals surface area (Å²) < 4.78 is 16.9. The molecule has 2 aromatic carbocycles. The van der Waals surface area contributed by atoms with E-state index in [1.165, 1.54) is 7.11 Å². The molecule has 2 aromatic rings. The Bertz CT molecular complexity index is 1260. The van der Waals surface area contributed by atoms with Crippen LogP contribution in [0, 0.1) is 0 Å². The number of hydrogen-bond donors (Lipinski definition) is 0. The van der Waals surface area contributed by atoms with Crippen molar-refractivity contribution in [2.24, 2.45) is 0 Å². The summed E-state index contributed by atoms with van der Waals surface area (Å²) >= 11 is 4.20. The van der Waals surface area contributed by atoms with Gasteiger partial charge in [-0.25, -0.2) is 4.79 Å². The molecule has 0 aliphatic carbocycles. The number of hydrogen-bond acceptors (Lipinski definition) is 8. The van der Waals surface area contributed by atoms with Crippen molar-refractivity contribution in [1.82, 2.24) is 9.80 Å². The van der Waals surface area contributed by atoms with Gasteiger partial charge < -0.3 is 19.1 Å². The van der Waals surface area contributed by atoms with E-state index in [2.05, 4.69) is 15.9 Å². The molecule has 4 rings (SSSR count). The fraction of sp³-hybridized carbons (Fsp3) is 0.308. The van der Waals surface area contributed by atoms with E-state index in [9.17, 15) is 19.2 Å². The van der Waals surface area contributed by atoms with E-state index < -0.39 is 17.1 Å². The SMILES string of the molecule is CCOc1cc(/C=C2\SC(=O)N(CC(=O)N3CCCC3)C2=O)cc(Br)c1OC(=O)c1ccc(OC)cc1. The van der Waals surface area contributed by atoms with Crippen molar-refractivity contribution < 1.29 is 33.4 Å². The highest BCUT2D eigenvalue weighted by molar-refractivity contribution is 9.10. The molecule has 0 aromatic heterocycles. The standard InChI is InChI=1S/C26H25BrN2O7S/c1-3-35-20-13-16(12-19(27)23(20)36-25(32)17-6-8-18(34-2)9-7-17)14-21-24(31)29(26(33)37-21)15-22(30)28-10-4-5-11-28/h6-9,12-14H,3-5,10-11,15H2,1-2H3/b21-14-. The Labute approximate surface area is 226 Å². The number of imide groups is 1. The minimum atomic E-state index is -0.583. The van der Waals surface area contributed by atoms with E-state index in [4.69, 9.17) is 14.2 Å². The Morgan fingerprint density at radius 2 is 1.81 bits per heavy atom. The Balaban J connectivity index is 1.53. The van der Waals surface area contributed by atoms with Crippen molar-refractivity contribution in [3.05, 3.63) is 56.9 Å². The lowest BCUT2D eigenvalue weighted by Gasteiger charge is -2.18. The van der Waals surface area contributed by atoms with Crippen LogP contribution in [-0.2, 0) is 9.59 Å². The molecule has 0 atom stereocenters. The third-order valence-corrected chi connectivity index (χ3v) is 7.27. The van der Waals surface area contributed by atoms with Crippen LogP contribution < -0.4 is 14.2 Å². The van der Waals surface area contributed by atoms with Crippen LogP contribution in [0.5, 0.6) is 17.2 Å². The third-order valence-electron chi connectivity index (χ3n) is 5.78. The van der Waals surface area contributed by atoms with E-state index in [1.807, 2.05) is 0 Å². The van der Waals surface area contributed by atoms with Crippen molar-refractivity contribution >= 4 is 56.8 Å². The van der Waals surface area contributed by atoms with Gasteiger partial charge in [-0.3, -0.25) is 19.3 Å². The van der Waals surface area contributed by atoms with Crippen LogP contribution in [-0.4, -0.2) is 66.2 Å². The van der Waals surface area contributed by atoms with Gasteiger partial charge >= 0.3 is 5.97 Å². The summed E-state index contributed by atoms with van der Waals surface area (Å²) in [6.45, 7) is 3.12. The van der Waals surface area contributed by atoms with Crippen molar-refractivity contribution in [3.63, 3.8) is 0 Å². The third kappa shape index (κ3) is 6.16. The topological polar surface area (TPSA) is 102 Å². The van der Waals surface area contributed by atoms with Crippen LogP contribution in [0.2, 0.25) is 0 Å². The van der Waals surface area contributed by atoms with Gasteiger partial charge in [-0.05, 0) is 95.5 Å². The molecule has 2 aliphatic heterocycles. The van der Waals surface area contributed by atoms with Crippen LogP contribution in [0.1, 0.15) is 35.7 Å². The number of thioether (sulfide) groups is 1. The molecule has 194 valence electrons. The van der Waals surface area contributed by atoms with Crippen LogP contribution in [0.25, 0.3) is 6.08 Å². The first-order chi connectivity index (χ1) is 17.8. The average molecular weight is 589 g/mol. The van der Waals surface area contributed by atoms with Gasteiger partial charge in [0, 0.05) is 13.1 Å². The van der Waals surface area contributed by atoms with Gasteiger partial charge in [0.05, 0.1) is 28.7 Å². The molecule has 0 unspecified atom stereocenters. The average Bonchev–Trinajstić information content (AvgIpc) is 3.51. The van der Waals surface area contributed by atoms with Gasteiger partial charge in [-0.2, -0.15) is 0 Å². The minimum Gasteiger partial charge on any atom is -0.497 e. The van der Waals surface area contributed by atoms with E-state index in [0.717, 1.165) is 29.5 Å². The molecule has 2 fully saturated rings. The van der Waals surface area contributed by atoms with Gasteiger partial charge in [-0.1, -0.05) is 0 Å². The largest absolute Gasteiger partial charge is 0.497 e. The predicted molar refractivity (Wildman–Crippen MR) is 142 cm³/mol. The zero-order chi connectivity index (χ0) is 26.5. The molecule has 9 nitrogen and oxygen atoms in total. The quantitative estimate of drug-likeness (QED) is 0.247. The molecule has 2 saturated heterocycles. The molecule has 2 heterocycles. The van der Waals surface area contributed by atoms with Gasteiger partial charge in [0.1, 0.15) is 12.3 Å². The maximum Gasteiger partial charge on any atom is 0.343 e. The Hall–Kier alpha value is -3.31. The number of nitrogens with zero attached hydrogens (tertiary/aromatic N) is 2. The first-order valence-electron chi connectivity index (χ1n) is 11.7. The zero-order valence-electron chi connectivity index (χ0n) is 20.3. The number of methoxy groups -OCH3 is 1. The second-order valence-corrected chi connectivity index (χ2v) is 10.1. The highest BCUT2D eigenvalue weighted by atomic mass is 79.9. The Morgan fingerprint density at radius 3 is 2.46 bits per heavy atom. The van der Waals surface area contributed by atoms with Crippen molar-refractivity contribution in [2.45, 2.75) is 19.8 Å². The van der Waals surface area contributed by atoms with Crippen LogP contribution in [0.15, 0.2) is 45.8 Å². The second-order valence-electron chi connectivity index (χ2n) is 8.24. The summed E-state index contributed by atoms with van der Waals surface area (Å²) in [5, 5.41) is -0.488. The molecular weight excluding hydrogens is 564 g/mol. The normalized spacial score (nSPS) is 16.5. The summed E-state index contributed by atoms with van der Waals surface area (Å²) in [5.41, 5.74) is 0.882. The summed E-state index contributed by atoms with van der Waals surface area (Å²) in [6.07, 6.45) is 3.40. The molecule has 0 bridgehead atoms. The number of esters is 1. The summed E-state index contributed by atoms with van der Waals surface area (Å²) in [7, 11) is 1.54. The molecule has 11 heteroatoms. The highest BCUT2D eigenvalue weighted by Crippen LogP contribution is 2.40. The number of carbonyl (C=O) groups excluding carboxylic acids is 4. The van der Waals surface area contributed by atoms with Crippen LogP contribution in [0.3, 0.4) is 0 Å². The summed E-state index contributed by atoms with van der Waals surface area (Å²) in [5.74, 6) is -0.252. The fourth-order valence-corrected chi connectivity index (χ4v) is 5.28. The Kier molecular flexibility index (Phi) is 8.55. The number of benzene rings is 2. The number of halogens is 1. The summed E-state index contributed by atoms with van der Waals surface area (Å²) in [4.78, 5) is 53.4. The zero-order valence-corrected chi connectivity index (χ0v) is 22.7. The number of carbonyl (C=O) groups is 4. The summed E-state index contributed by atoms with van der Waals surface area (Å²) in [6, 6.07) is 9.77. The van der Waals surface area contributed by atoms with Crippen molar-refractivity contribution in [1.29, 1.82) is 0 Å². The van der Waals surface area contributed by atoms with E-state index in [-0.39, 0.29) is 28.9 Å². The molecule has 37 heavy (non-hydrogen) atoms. The van der Waals surface area contributed by atoms with Gasteiger partial charge in [0.15, 0.2) is 11.5 Å². The maximum atomic E-state index is 12.9. The number of likely N-dealkylation sites (tertiary alicyclic amines) is 1. The number of ether oxygens (including phenoxy) is 3. The van der Waals surface area contributed by atoms with E-state index in [0.29, 0.717) is 41.0 Å². The number of amides is 3. The highest BCUT2D eigenvalue weighted by Gasteiger charge is 2.37. The molecule has 0 N–H and O–H groups in total. The van der Waals surface area contributed by atoms with Gasteiger partial charge in [0.25, 0.3) is 11.1 Å². The molecule has 0 spiro atoms. The lowest BCUT2D eigenvalue weighted by molar-refractivity contribution is -0.135. The molecule has 2 aliphatic rings. The van der Waals surface area contributed by atoms with Crippen LogP contribution >= 0.6 is 27.7 Å². The Morgan fingerprint density at radius 1 is 1.11 bits per heavy atom. The van der Waals surface area contributed by atoms with Crippen LogP contribution in [0.4, 0.5) is 4.79 Å². The van der Waals surface area contributed by atoms with Crippen molar-refractivity contribution in [3.8, 4) is 17.2 Å². The number of rotatable bonds is 8. The lowest BCUT2D eigenvalue weighted by atomic mass is 10.1. The van der Waals surface area contributed by atoms with Gasteiger partial charge in [0.2, 0.25) is 5.91 Å². The molecule has 3 amide bonds. The second kappa shape index (κ2) is 11.8. The lowest BCUT2D eigenvalue weighted by Crippen LogP contribution is -2.40. The molecule has 0 saturated carbocycles. The fourth-order valence-electron chi connectivity index (χ4n) is 3.90. The smallest absolute Gasteiger partial charge is 0.343 e. The first-order valence-corrected chi connectivity index (χ1v) is 13.3. The van der Waals surface area contributed by atoms with Crippen molar-refractivity contribution in [2.75, 3.05) is 33.4 Å². The van der Waals surface area contributed by atoms with E-state index in [1.54, 1.807) is 54.3 Å². The molecular formula is C26H25BrN2O7S. The predicted octanol–water partition coefficient (Wildman–Crippen LogP) is 4.73. The first kappa shape index (κ1) is 26.7. The van der Waals surface area contributed by atoms with E-state index >= 15 is 0 Å². The molecule has 0 radical (unpaired) electrons. The monoisotopic (exact) mass is 588 g/mol.